The van der Waals surface area contributed by atoms with Crippen molar-refractivity contribution in [3.8, 4) is 0 Å². The predicted octanol–water partition coefficient (Wildman–Crippen LogP) is 4.00. The van der Waals surface area contributed by atoms with Crippen molar-refractivity contribution in [1.82, 2.24) is 0 Å². The molecule has 9 heteroatoms. The number of halogens is 3. The Hall–Kier alpha value is -1.37. The van der Waals surface area contributed by atoms with Crippen LogP contribution in [-0.4, -0.2) is 31.2 Å². The molecule has 1 unspecified atom stereocenters. The predicted molar refractivity (Wildman–Crippen MR) is 72.6 cm³/mol. The normalized spacial score (nSPS) is 13.7. The van der Waals surface area contributed by atoms with Crippen LogP contribution in [0.25, 0.3) is 0 Å². The molecule has 0 saturated heterocycles. The molecule has 1 aromatic rings. The fourth-order valence-corrected chi connectivity index (χ4v) is 3.24. The van der Waals surface area contributed by atoms with Gasteiger partial charge < -0.3 is 13.8 Å². The number of hydrogen-bond donors (Lipinski definition) is 0. The van der Waals surface area contributed by atoms with Gasteiger partial charge in [0.15, 0.2) is 0 Å². The van der Waals surface area contributed by atoms with Gasteiger partial charge in [-0.15, -0.1) is 0 Å². The molecule has 0 radical (unpaired) electrons. The van der Waals surface area contributed by atoms with Gasteiger partial charge in [-0.25, -0.2) is 4.79 Å². The molecule has 0 fully saturated rings. The van der Waals surface area contributed by atoms with E-state index in [0.29, 0.717) is 0 Å². The molecule has 0 aliphatic carbocycles. The topological polar surface area (TPSA) is 61.8 Å². The van der Waals surface area contributed by atoms with E-state index in [1.165, 1.54) is 38.1 Å². The highest BCUT2D eigenvalue weighted by atomic mass is 31.2. The zero-order valence-electron chi connectivity index (χ0n) is 12.0. The molecule has 0 aromatic heterocycles. The number of rotatable bonds is 7. The van der Waals surface area contributed by atoms with E-state index in [1.807, 2.05) is 0 Å². The first-order valence-corrected chi connectivity index (χ1v) is 8.07. The van der Waals surface area contributed by atoms with Crippen molar-refractivity contribution >= 4 is 13.6 Å². The maximum Gasteiger partial charge on any atom is 0.437 e. The first-order chi connectivity index (χ1) is 10.2. The van der Waals surface area contributed by atoms with Gasteiger partial charge in [0, 0.05) is 0 Å². The van der Waals surface area contributed by atoms with E-state index in [4.69, 9.17) is 0 Å². The van der Waals surface area contributed by atoms with Crippen LogP contribution in [-0.2, 0) is 18.3 Å². The maximum atomic E-state index is 13.1. The Morgan fingerprint density at radius 2 is 1.64 bits per heavy atom. The number of ether oxygens (including phenoxy) is 1. The lowest BCUT2D eigenvalue weighted by molar-refractivity contribution is -0.184. The molecule has 0 aliphatic heterocycles. The van der Waals surface area contributed by atoms with E-state index in [1.54, 1.807) is 6.07 Å². The molecule has 124 valence electrons. The first kappa shape index (κ1) is 18.7. The van der Waals surface area contributed by atoms with Gasteiger partial charge in [-0.2, -0.15) is 13.2 Å². The molecule has 0 saturated carbocycles. The van der Waals surface area contributed by atoms with E-state index in [9.17, 15) is 22.5 Å². The molecule has 0 aliphatic rings. The Bertz CT molecular complexity index is 522. The Morgan fingerprint density at radius 1 is 1.14 bits per heavy atom. The number of carbonyl (C=O) groups excluding carboxylic acids is 1. The van der Waals surface area contributed by atoms with Gasteiger partial charge in [-0.1, -0.05) is 18.2 Å². The Morgan fingerprint density at radius 3 is 2.05 bits per heavy atom. The number of alkyl halides is 3. The summed E-state index contributed by atoms with van der Waals surface area (Å²) in [5, 5.41) is 0. The molecule has 22 heavy (non-hydrogen) atoms. The Labute approximate surface area is 125 Å². The minimum atomic E-state index is -5.09. The second-order valence-corrected chi connectivity index (χ2v) is 6.11. The van der Waals surface area contributed by atoms with Gasteiger partial charge in [0.05, 0.1) is 18.8 Å². The van der Waals surface area contributed by atoms with Crippen molar-refractivity contribution in [2.75, 3.05) is 13.2 Å². The number of esters is 1. The third-order valence-electron chi connectivity index (χ3n) is 2.41. The van der Waals surface area contributed by atoms with Crippen LogP contribution < -0.4 is 0 Å². The van der Waals surface area contributed by atoms with Crippen LogP contribution in [0, 0.1) is 0 Å². The number of hydrogen-bond acceptors (Lipinski definition) is 5. The fourth-order valence-electron chi connectivity index (χ4n) is 1.59. The van der Waals surface area contributed by atoms with Crippen molar-refractivity contribution < 1.29 is 36.3 Å². The fraction of sp³-hybridized carbons (Fsp3) is 0.462. The highest BCUT2D eigenvalue weighted by molar-refractivity contribution is 7.54. The summed E-state index contributed by atoms with van der Waals surface area (Å²) in [6.07, 6.45) is -5.09. The smallest absolute Gasteiger partial charge is 0.436 e. The van der Waals surface area contributed by atoms with Crippen molar-refractivity contribution in [1.29, 1.82) is 0 Å². The van der Waals surface area contributed by atoms with Gasteiger partial charge in [-0.05, 0) is 26.0 Å². The third kappa shape index (κ3) is 4.83. The van der Waals surface area contributed by atoms with Gasteiger partial charge in [-0.3, -0.25) is 4.57 Å². The molecule has 0 amide bonds. The van der Waals surface area contributed by atoms with Crippen molar-refractivity contribution in [2.45, 2.75) is 25.9 Å². The minimum absolute atomic E-state index is 0.101. The lowest BCUT2D eigenvalue weighted by Crippen LogP contribution is -2.35. The molecule has 0 spiro atoms. The quantitative estimate of drug-likeness (QED) is 0.555. The van der Waals surface area contributed by atoms with Crippen LogP contribution in [0.4, 0.5) is 13.2 Å². The van der Waals surface area contributed by atoms with Crippen LogP contribution >= 0.6 is 7.60 Å². The van der Waals surface area contributed by atoms with E-state index in [0.717, 1.165) is 0 Å². The van der Waals surface area contributed by atoms with Crippen molar-refractivity contribution in [2.24, 2.45) is 0 Å². The summed E-state index contributed by atoms with van der Waals surface area (Å²) in [4.78, 5) is 11.8. The van der Waals surface area contributed by atoms with Crippen LogP contribution in [0.15, 0.2) is 30.3 Å². The van der Waals surface area contributed by atoms with E-state index < -0.39 is 25.6 Å². The van der Waals surface area contributed by atoms with Gasteiger partial charge >= 0.3 is 19.7 Å². The van der Waals surface area contributed by atoms with E-state index in [2.05, 4.69) is 13.8 Å². The highest BCUT2D eigenvalue weighted by Gasteiger charge is 2.57. The monoisotopic (exact) mass is 340 g/mol. The molecule has 5 nitrogen and oxygen atoms in total. The lowest BCUT2D eigenvalue weighted by atomic mass is 10.2. The summed E-state index contributed by atoms with van der Waals surface area (Å²) < 4.78 is 65.3. The summed E-state index contributed by atoms with van der Waals surface area (Å²) in [7, 11) is -4.69. The van der Waals surface area contributed by atoms with Crippen LogP contribution in [0.3, 0.4) is 0 Å². The summed E-state index contributed by atoms with van der Waals surface area (Å²) >= 11 is 0. The van der Waals surface area contributed by atoms with Gasteiger partial charge in [0.1, 0.15) is 0 Å². The second-order valence-electron chi connectivity index (χ2n) is 4.04. The standard InChI is InChI=1S/C13H16F3O5P/c1-3-19-22(18,20-4-2)12(13(14,15)16)21-11(17)10-8-6-5-7-9-10/h5-9,12H,3-4H2,1-2H3. The molecule has 1 atom stereocenters. The summed E-state index contributed by atoms with van der Waals surface area (Å²) in [6.45, 7) is 2.15. The molecule has 0 N–H and O–H groups in total. The van der Waals surface area contributed by atoms with Crippen molar-refractivity contribution in [3.05, 3.63) is 35.9 Å². The second kappa shape index (κ2) is 7.76. The molecule has 1 rings (SSSR count). The third-order valence-corrected chi connectivity index (χ3v) is 4.62. The SMILES string of the molecule is CCOP(=O)(OCC)C(OC(=O)c1ccccc1)C(F)(F)F. The Kier molecular flexibility index (Phi) is 6.59. The zero-order valence-corrected chi connectivity index (χ0v) is 12.9. The van der Waals surface area contributed by atoms with Crippen molar-refractivity contribution in [3.63, 3.8) is 0 Å². The van der Waals surface area contributed by atoms with E-state index in [-0.39, 0.29) is 18.8 Å². The molecular formula is C13H16F3O5P. The average Bonchev–Trinajstić information content (AvgIpc) is 2.44. The zero-order chi connectivity index (χ0) is 16.8. The van der Waals surface area contributed by atoms with Gasteiger partial charge in [0.25, 0.3) is 5.85 Å². The molecular weight excluding hydrogens is 324 g/mol. The molecule has 0 bridgehead atoms. The van der Waals surface area contributed by atoms with Gasteiger partial charge in [0.2, 0.25) is 0 Å². The maximum absolute atomic E-state index is 13.1. The largest absolute Gasteiger partial charge is 0.437 e. The Balaban J connectivity index is 3.08. The van der Waals surface area contributed by atoms with Crippen LogP contribution in [0.2, 0.25) is 0 Å². The molecule has 1 aromatic carbocycles. The minimum Gasteiger partial charge on any atom is -0.436 e. The van der Waals surface area contributed by atoms with Crippen LogP contribution in [0.1, 0.15) is 24.2 Å². The van der Waals surface area contributed by atoms with E-state index >= 15 is 0 Å². The molecule has 0 heterocycles. The highest BCUT2D eigenvalue weighted by Crippen LogP contribution is 2.58. The summed E-state index contributed by atoms with van der Waals surface area (Å²) in [6, 6.07) is 7.07. The van der Waals surface area contributed by atoms with Crippen LogP contribution in [0.5, 0.6) is 0 Å². The lowest BCUT2D eigenvalue weighted by Gasteiger charge is -2.27. The summed E-state index contributed by atoms with van der Waals surface area (Å²) in [5.41, 5.74) is -0.101. The summed E-state index contributed by atoms with van der Waals surface area (Å²) in [5.74, 6) is -4.24. The number of carbonyl (C=O) groups is 1. The number of benzene rings is 1. The first-order valence-electron chi connectivity index (χ1n) is 6.46. The average molecular weight is 340 g/mol.